The maximum atomic E-state index is 13.8. The zero-order valence-electron chi connectivity index (χ0n) is 21.8. The molecule has 0 saturated heterocycles. The minimum Gasteiger partial charge on any atom is -0.444 e. The molecule has 0 saturated carbocycles. The third kappa shape index (κ3) is 6.59. The normalized spacial score (nSPS) is 16.9. The number of hydrogen-bond acceptors (Lipinski definition) is 4. The first-order valence-electron chi connectivity index (χ1n) is 11.8. The van der Waals surface area contributed by atoms with Crippen LogP contribution in [0.25, 0.3) is 11.3 Å². The van der Waals surface area contributed by atoms with Crippen LogP contribution in [0, 0.1) is 9.39 Å². The average molecular weight is 636 g/mol. The first-order chi connectivity index (χ1) is 16.0. The Bertz CT molecular complexity index is 1090. The van der Waals surface area contributed by atoms with Crippen LogP contribution in [0.2, 0.25) is 23.2 Å². The van der Waals surface area contributed by atoms with Crippen LogP contribution in [0.15, 0.2) is 18.2 Å². The summed E-state index contributed by atoms with van der Waals surface area (Å²) < 4.78 is 28.8. The van der Waals surface area contributed by atoms with Crippen molar-refractivity contribution in [1.29, 1.82) is 0 Å². The van der Waals surface area contributed by atoms with E-state index in [0.29, 0.717) is 26.1 Å². The Morgan fingerprint density at radius 2 is 1.91 bits per heavy atom. The number of carbonyl (C=O) groups is 1. The summed E-state index contributed by atoms with van der Waals surface area (Å²) in [6.07, 6.45) is 0.364. The third-order valence-corrected chi connectivity index (χ3v) is 12.6. The minimum absolute atomic E-state index is 0.0546. The lowest BCUT2D eigenvalue weighted by molar-refractivity contribution is 0.0147. The summed E-state index contributed by atoms with van der Waals surface area (Å²) in [6.45, 7) is 18.2. The van der Waals surface area contributed by atoms with Crippen LogP contribution in [-0.4, -0.2) is 47.8 Å². The quantitative estimate of drug-likeness (QED) is 0.250. The van der Waals surface area contributed by atoms with E-state index >= 15 is 0 Å². The molecule has 1 aromatic carbocycles. The SMILES string of the molecule is CC(C)(C)OC(=O)N1Cc2c(I)c(-c3ccc(F)c(Cl)c3)nn2C(CCO[Si](C)(C)C(C)(C)C)C1. The van der Waals surface area contributed by atoms with Crippen molar-refractivity contribution in [1.82, 2.24) is 14.7 Å². The first kappa shape index (κ1) is 28.4. The molecule has 1 amide bonds. The summed E-state index contributed by atoms with van der Waals surface area (Å²) in [4.78, 5) is 14.7. The van der Waals surface area contributed by atoms with Gasteiger partial charge in [0.15, 0.2) is 8.32 Å². The summed E-state index contributed by atoms with van der Waals surface area (Å²) in [6, 6.07) is 4.55. The van der Waals surface area contributed by atoms with Crippen molar-refractivity contribution in [2.24, 2.45) is 0 Å². The fraction of sp³-hybridized carbons (Fsp3) is 0.600. The number of benzene rings is 1. The van der Waals surface area contributed by atoms with Crippen molar-refractivity contribution >= 4 is 48.6 Å². The molecule has 0 aliphatic carbocycles. The molecule has 0 bridgehead atoms. The molecular formula is C25H36ClFIN3O3Si. The van der Waals surface area contributed by atoms with E-state index in [1.54, 1.807) is 17.0 Å². The summed E-state index contributed by atoms with van der Waals surface area (Å²) in [5.74, 6) is -0.467. The van der Waals surface area contributed by atoms with Crippen LogP contribution >= 0.6 is 34.2 Å². The molecule has 3 rings (SSSR count). The number of aromatic nitrogens is 2. The molecule has 1 unspecified atom stereocenters. The van der Waals surface area contributed by atoms with Crippen LogP contribution in [0.3, 0.4) is 0 Å². The molecule has 2 aromatic rings. The second kappa shape index (κ2) is 10.3. The third-order valence-electron chi connectivity index (χ3n) is 6.63. The van der Waals surface area contributed by atoms with Crippen LogP contribution in [-0.2, 0) is 15.7 Å². The van der Waals surface area contributed by atoms with Gasteiger partial charge in [0.25, 0.3) is 0 Å². The maximum absolute atomic E-state index is 13.8. The van der Waals surface area contributed by atoms with Gasteiger partial charge in [0.2, 0.25) is 0 Å². The number of hydrogen-bond donors (Lipinski definition) is 0. The van der Waals surface area contributed by atoms with Crippen molar-refractivity contribution < 1.29 is 18.3 Å². The van der Waals surface area contributed by atoms with Gasteiger partial charge in [-0.05, 0) is 86.1 Å². The van der Waals surface area contributed by atoms with Crippen molar-refractivity contribution in [2.75, 3.05) is 13.2 Å². The van der Waals surface area contributed by atoms with Gasteiger partial charge in [0.05, 0.1) is 26.9 Å². The highest BCUT2D eigenvalue weighted by Crippen LogP contribution is 2.38. The van der Waals surface area contributed by atoms with Gasteiger partial charge in [-0.2, -0.15) is 5.10 Å². The molecule has 0 N–H and O–H groups in total. The zero-order valence-corrected chi connectivity index (χ0v) is 25.8. The van der Waals surface area contributed by atoms with Gasteiger partial charge < -0.3 is 14.1 Å². The van der Waals surface area contributed by atoms with E-state index in [4.69, 9.17) is 25.9 Å². The molecule has 0 fully saturated rings. The lowest BCUT2D eigenvalue weighted by Crippen LogP contribution is -2.45. The summed E-state index contributed by atoms with van der Waals surface area (Å²) in [7, 11) is -1.91. The lowest BCUT2D eigenvalue weighted by Gasteiger charge is -2.38. The summed E-state index contributed by atoms with van der Waals surface area (Å²) in [5, 5.41) is 5.08. The number of rotatable bonds is 5. The van der Waals surface area contributed by atoms with E-state index in [1.165, 1.54) is 6.07 Å². The Morgan fingerprint density at radius 3 is 2.49 bits per heavy atom. The van der Waals surface area contributed by atoms with E-state index < -0.39 is 19.7 Å². The van der Waals surface area contributed by atoms with E-state index in [0.717, 1.165) is 20.5 Å². The highest BCUT2D eigenvalue weighted by molar-refractivity contribution is 14.1. The van der Waals surface area contributed by atoms with Crippen LogP contribution in [0.5, 0.6) is 0 Å². The molecule has 6 nitrogen and oxygen atoms in total. The largest absolute Gasteiger partial charge is 0.444 e. The predicted molar refractivity (Wildman–Crippen MR) is 149 cm³/mol. The second-order valence-electron chi connectivity index (χ2n) is 11.6. The van der Waals surface area contributed by atoms with Gasteiger partial charge in [-0.3, -0.25) is 4.68 Å². The van der Waals surface area contributed by atoms with Crippen molar-refractivity contribution in [3.8, 4) is 11.3 Å². The topological polar surface area (TPSA) is 56.6 Å². The van der Waals surface area contributed by atoms with Crippen molar-refractivity contribution in [3.05, 3.63) is 38.3 Å². The summed E-state index contributed by atoms with van der Waals surface area (Å²) >= 11 is 8.30. The lowest BCUT2D eigenvalue weighted by atomic mass is 10.1. The highest BCUT2D eigenvalue weighted by atomic mass is 127. The van der Waals surface area contributed by atoms with Crippen molar-refractivity contribution in [2.45, 2.75) is 84.3 Å². The Balaban J connectivity index is 1.93. The summed E-state index contributed by atoms with van der Waals surface area (Å²) in [5.41, 5.74) is 1.81. The zero-order chi connectivity index (χ0) is 26.3. The highest BCUT2D eigenvalue weighted by Gasteiger charge is 2.38. The Kier molecular flexibility index (Phi) is 8.35. The van der Waals surface area contributed by atoms with Crippen LogP contribution < -0.4 is 0 Å². The van der Waals surface area contributed by atoms with Gasteiger partial charge in [-0.25, -0.2) is 9.18 Å². The fourth-order valence-electron chi connectivity index (χ4n) is 3.64. The standard InChI is InChI=1S/C25H36ClFIN3O3Si/c1-24(2,3)34-23(32)30-14-17(11-12-33-35(7,8)25(4,5)6)31-20(15-30)21(28)22(29-31)16-9-10-19(27)18(26)13-16/h9-10,13,17H,11-12,14-15H2,1-8H3. The van der Waals surface area contributed by atoms with E-state index in [-0.39, 0.29) is 22.2 Å². The first-order valence-corrected chi connectivity index (χ1v) is 16.2. The molecule has 1 aromatic heterocycles. The number of nitrogens with zero attached hydrogens (tertiary/aromatic N) is 3. The van der Waals surface area contributed by atoms with Gasteiger partial charge >= 0.3 is 6.09 Å². The van der Waals surface area contributed by atoms with Crippen LogP contribution in [0.4, 0.5) is 9.18 Å². The Labute approximate surface area is 227 Å². The Hall–Kier alpha value is -1.17. The van der Waals surface area contributed by atoms with Crippen molar-refractivity contribution in [3.63, 3.8) is 0 Å². The number of fused-ring (bicyclic) bond motifs is 1. The van der Waals surface area contributed by atoms with Gasteiger partial charge in [-0.1, -0.05) is 32.4 Å². The van der Waals surface area contributed by atoms with E-state index in [9.17, 15) is 9.18 Å². The molecule has 194 valence electrons. The predicted octanol–water partition coefficient (Wildman–Crippen LogP) is 7.65. The van der Waals surface area contributed by atoms with E-state index in [1.807, 2.05) is 25.5 Å². The number of carbonyl (C=O) groups excluding carboxylic acids is 1. The maximum Gasteiger partial charge on any atom is 0.410 e. The number of amides is 1. The monoisotopic (exact) mass is 635 g/mol. The fourth-order valence-corrected chi connectivity index (χ4v) is 5.72. The number of ether oxygens (including phenoxy) is 1. The molecule has 1 atom stereocenters. The molecule has 0 spiro atoms. The molecule has 35 heavy (non-hydrogen) atoms. The van der Waals surface area contributed by atoms with E-state index in [2.05, 4.69) is 56.5 Å². The average Bonchev–Trinajstić information content (AvgIpc) is 3.04. The smallest absolute Gasteiger partial charge is 0.410 e. The molecule has 1 aliphatic heterocycles. The second-order valence-corrected chi connectivity index (χ2v) is 17.9. The van der Waals surface area contributed by atoms with Crippen LogP contribution in [0.1, 0.15) is 59.7 Å². The molecular weight excluding hydrogens is 600 g/mol. The molecule has 2 heterocycles. The van der Waals surface area contributed by atoms with Gasteiger partial charge in [0.1, 0.15) is 17.1 Å². The van der Waals surface area contributed by atoms with Gasteiger partial charge in [-0.15, -0.1) is 0 Å². The molecule has 1 aliphatic rings. The molecule has 10 heteroatoms. The van der Waals surface area contributed by atoms with Gasteiger partial charge in [0, 0.05) is 18.7 Å². The minimum atomic E-state index is -1.91. The number of halogens is 3. The molecule has 0 radical (unpaired) electrons. The Morgan fingerprint density at radius 1 is 1.26 bits per heavy atom.